The molecule has 3 aromatic heterocycles. The van der Waals surface area contributed by atoms with Gasteiger partial charge in [0, 0.05) is 11.9 Å². The first-order valence-corrected chi connectivity index (χ1v) is 9.95. The number of aromatic nitrogens is 6. The van der Waals surface area contributed by atoms with Crippen molar-refractivity contribution in [1.82, 2.24) is 29.9 Å². The molecule has 31 heavy (non-hydrogen) atoms. The van der Waals surface area contributed by atoms with Gasteiger partial charge in [-0.05, 0) is 42.8 Å². The second kappa shape index (κ2) is 8.27. The fraction of sp³-hybridized carbons (Fsp3) is 0.130. The Labute approximate surface area is 178 Å². The van der Waals surface area contributed by atoms with E-state index in [1.807, 2.05) is 47.4 Å². The molecular formula is C23H21N7O. The summed E-state index contributed by atoms with van der Waals surface area (Å²) >= 11 is 0. The van der Waals surface area contributed by atoms with Crippen LogP contribution in [-0.4, -0.2) is 29.9 Å². The molecule has 2 N–H and O–H groups in total. The minimum Gasteiger partial charge on any atom is -0.487 e. The van der Waals surface area contributed by atoms with Crippen LogP contribution >= 0.6 is 0 Å². The Hall–Kier alpha value is -4.20. The van der Waals surface area contributed by atoms with E-state index < -0.39 is 0 Å². The van der Waals surface area contributed by atoms with Crippen molar-refractivity contribution in [2.45, 2.75) is 20.1 Å². The maximum atomic E-state index is 5.86. The van der Waals surface area contributed by atoms with Gasteiger partial charge in [0.1, 0.15) is 35.8 Å². The fourth-order valence-corrected chi connectivity index (χ4v) is 3.26. The number of nitrogens with zero attached hydrogens (tertiary/aromatic N) is 5. The van der Waals surface area contributed by atoms with Crippen molar-refractivity contribution in [1.29, 1.82) is 0 Å². The van der Waals surface area contributed by atoms with Crippen molar-refractivity contribution in [3.05, 3.63) is 90.1 Å². The fourth-order valence-electron chi connectivity index (χ4n) is 3.26. The second-order valence-corrected chi connectivity index (χ2v) is 7.29. The van der Waals surface area contributed by atoms with Gasteiger partial charge in [0.15, 0.2) is 0 Å². The van der Waals surface area contributed by atoms with Crippen LogP contribution in [0, 0.1) is 6.92 Å². The smallest absolute Gasteiger partial charge is 0.143 e. The van der Waals surface area contributed by atoms with Crippen molar-refractivity contribution in [2.24, 2.45) is 0 Å². The maximum absolute atomic E-state index is 5.86. The van der Waals surface area contributed by atoms with E-state index in [0.717, 1.165) is 34.0 Å². The molecule has 0 bridgehead atoms. The number of fused-ring (bicyclic) bond motifs is 1. The maximum Gasteiger partial charge on any atom is 0.143 e. The number of hydrogen-bond donors (Lipinski definition) is 2. The highest BCUT2D eigenvalue weighted by molar-refractivity contribution is 5.88. The van der Waals surface area contributed by atoms with E-state index in [1.165, 1.54) is 17.5 Å². The Bertz CT molecular complexity index is 1290. The molecule has 0 aliphatic rings. The van der Waals surface area contributed by atoms with Gasteiger partial charge in [0.2, 0.25) is 0 Å². The Balaban J connectivity index is 1.18. The van der Waals surface area contributed by atoms with Crippen LogP contribution in [0.1, 0.15) is 16.8 Å². The third-order valence-corrected chi connectivity index (χ3v) is 4.91. The van der Waals surface area contributed by atoms with Gasteiger partial charge in [0.05, 0.1) is 18.1 Å². The molecule has 5 rings (SSSR count). The van der Waals surface area contributed by atoms with Crippen LogP contribution in [0.15, 0.2) is 73.3 Å². The summed E-state index contributed by atoms with van der Waals surface area (Å²) in [6.45, 7) is 3.12. The van der Waals surface area contributed by atoms with E-state index >= 15 is 0 Å². The molecule has 0 saturated heterocycles. The van der Waals surface area contributed by atoms with Gasteiger partial charge in [-0.15, -0.1) is 5.10 Å². The van der Waals surface area contributed by atoms with Gasteiger partial charge in [-0.2, -0.15) is 0 Å². The summed E-state index contributed by atoms with van der Waals surface area (Å²) in [5.41, 5.74) is 4.93. The van der Waals surface area contributed by atoms with Crippen LogP contribution in [0.2, 0.25) is 0 Å². The number of H-pyrrole nitrogens is 1. The molecule has 0 aliphatic carbocycles. The highest BCUT2D eigenvalue weighted by Crippen LogP contribution is 2.24. The zero-order chi connectivity index (χ0) is 21.0. The van der Waals surface area contributed by atoms with Crippen molar-refractivity contribution >= 4 is 22.5 Å². The first-order chi connectivity index (χ1) is 15.2. The van der Waals surface area contributed by atoms with Gasteiger partial charge in [-0.1, -0.05) is 35.0 Å². The van der Waals surface area contributed by atoms with Crippen molar-refractivity contribution in [3.63, 3.8) is 0 Å². The van der Waals surface area contributed by atoms with E-state index in [0.29, 0.717) is 13.2 Å². The standard InChI is InChI=1S/C23H21N7O/c1-16-2-4-17(5-3-16)12-30-13-19(28-29-30)14-31-20-8-6-18(7-9-20)27-23-21-10-11-24-22(21)25-15-26-23/h2-11,13,15H,12,14H2,1H3,(H2,24,25,26,27). The van der Waals surface area contributed by atoms with E-state index in [2.05, 4.69) is 61.8 Å². The summed E-state index contributed by atoms with van der Waals surface area (Å²) in [6, 6.07) is 18.1. The van der Waals surface area contributed by atoms with Crippen LogP contribution in [0.3, 0.4) is 0 Å². The van der Waals surface area contributed by atoms with Crippen LogP contribution in [0.4, 0.5) is 11.5 Å². The number of benzene rings is 2. The first-order valence-electron chi connectivity index (χ1n) is 9.95. The van der Waals surface area contributed by atoms with Crippen molar-refractivity contribution in [3.8, 4) is 5.75 Å². The molecule has 8 heteroatoms. The molecule has 0 radical (unpaired) electrons. The number of hydrogen-bond acceptors (Lipinski definition) is 6. The molecule has 2 aromatic carbocycles. The summed E-state index contributed by atoms with van der Waals surface area (Å²) < 4.78 is 7.68. The van der Waals surface area contributed by atoms with Crippen molar-refractivity contribution in [2.75, 3.05) is 5.32 Å². The third kappa shape index (κ3) is 4.37. The molecule has 0 unspecified atom stereocenters. The molecule has 8 nitrogen and oxygen atoms in total. The molecule has 3 heterocycles. The Kier molecular flexibility index (Phi) is 5.02. The van der Waals surface area contributed by atoms with Gasteiger partial charge in [0.25, 0.3) is 0 Å². The first kappa shape index (κ1) is 18.8. The molecule has 0 spiro atoms. The summed E-state index contributed by atoms with van der Waals surface area (Å²) in [7, 11) is 0. The topological polar surface area (TPSA) is 93.5 Å². The van der Waals surface area contributed by atoms with E-state index in [1.54, 1.807) is 0 Å². The monoisotopic (exact) mass is 411 g/mol. The van der Waals surface area contributed by atoms with Crippen LogP contribution in [0.25, 0.3) is 11.0 Å². The molecule has 0 fully saturated rings. The minimum atomic E-state index is 0.358. The van der Waals surface area contributed by atoms with E-state index in [-0.39, 0.29) is 0 Å². The third-order valence-electron chi connectivity index (χ3n) is 4.91. The molecule has 5 aromatic rings. The van der Waals surface area contributed by atoms with Gasteiger partial charge in [-0.3, -0.25) is 0 Å². The van der Waals surface area contributed by atoms with Gasteiger partial charge >= 0.3 is 0 Å². The lowest BCUT2D eigenvalue weighted by atomic mass is 10.1. The largest absolute Gasteiger partial charge is 0.487 e. The zero-order valence-corrected chi connectivity index (χ0v) is 17.0. The minimum absolute atomic E-state index is 0.358. The molecule has 0 atom stereocenters. The van der Waals surface area contributed by atoms with Crippen molar-refractivity contribution < 1.29 is 4.74 Å². The van der Waals surface area contributed by atoms with Crippen LogP contribution < -0.4 is 10.1 Å². The van der Waals surface area contributed by atoms with Crippen LogP contribution in [0.5, 0.6) is 5.75 Å². The lowest BCUT2D eigenvalue weighted by Gasteiger charge is -2.08. The summed E-state index contributed by atoms with van der Waals surface area (Å²) in [5, 5.41) is 12.6. The predicted molar refractivity (Wildman–Crippen MR) is 118 cm³/mol. The lowest BCUT2D eigenvalue weighted by Crippen LogP contribution is -2.00. The Morgan fingerprint density at radius 2 is 1.84 bits per heavy atom. The number of nitrogens with one attached hydrogen (secondary N) is 2. The number of anilines is 2. The van der Waals surface area contributed by atoms with Gasteiger partial charge < -0.3 is 15.0 Å². The number of aromatic amines is 1. The SMILES string of the molecule is Cc1ccc(Cn2cc(COc3ccc(Nc4ncnc5[nH]ccc45)cc3)nn2)cc1. The van der Waals surface area contributed by atoms with E-state index in [9.17, 15) is 0 Å². The van der Waals surface area contributed by atoms with Gasteiger partial charge in [-0.25, -0.2) is 14.6 Å². The average molecular weight is 411 g/mol. The molecule has 0 aliphatic heterocycles. The number of rotatable bonds is 7. The average Bonchev–Trinajstić information content (AvgIpc) is 3.45. The molecule has 0 amide bonds. The second-order valence-electron chi connectivity index (χ2n) is 7.29. The Morgan fingerprint density at radius 3 is 2.68 bits per heavy atom. The zero-order valence-electron chi connectivity index (χ0n) is 17.0. The number of aryl methyl sites for hydroxylation is 1. The highest BCUT2D eigenvalue weighted by atomic mass is 16.5. The Morgan fingerprint density at radius 1 is 1.00 bits per heavy atom. The van der Waals surface area contributed by atoms with E-state index in [4.69, 9.17) is 4.74 Å². The lowest BCUT2D eigenvalue weighted by molar-refractivity contribution is 0.301. The summed E-state index contributed by atoms with van der Waals surface area (Å²) in [4.78, 5) is 11.6. The highest BCUT2D eigenvalue weighted by Gasteiger charge is 2.06. The molecular weight excluding hydrogens is 390 g/mol. The molecule has 0 saturated carbocycles. The number of ether oxygens (including phenoxy) is 1. The predicted octanol–water partition coefficient (Wildman–Crippen LogP) is 4.23. The quantitative estimate of drug-likeness (QED) is 0.416. The normalized spacial score (nSPS) is 11.0. The summed E-state index contributed by atoms with van der Waals surface area (Å²) in [6.07, 6.45) is 5.29. The van der Waals surface area contributed by atoms with Crippen LogP contribution in [-0.2, 0) is 13.2 Å². The molecule has 154 valence electrons. The summed E-state index contributed by atoms with van der Waals surface area (Å²) in [5.74, 6) is 1.51.